The van der Waals surface area contributed by atoms with Gasteiger partial charge in [0.2, 0.25) is 0 Å². The molecule has 0 spiro atoms. The molecule has 3 heteroatoms. The van der Waals surface area contributed by atoms with Crippen molar-refractivity contribution in [1.82, 2.24) is 0 Å². The van der Waals surface area contributed by atoms with E-state index >= 15 is 0 Å². The van der Waals surface area contributed by atoms with E-state index in [1.165, 1.54) is 74.1 Å². The molecule has 39 heavy (non-hydrogen) atoms. The fourth-order valence-electron chi connectivity index (χ4n) is 5.66. The summed E-state index contributed by atoms with van der Waals surface area (Å²) >= 11 is 5.59. The lowest BCUT2D eigenvalue weighted by Gasteiger charge is -2.12. The first kappa shape index (κ1) is 22.9. The highest BCUT2D eigenvalue weighted by Crippen LogP contribution is 2.50. The Morgan fingerprint density at radius 3 is 1.90 bits per heavy atom. The van der Waals surface area contributed by atoms with Crippen LogP contribution < -0.4 is 0 Å². The Hall–Kier alpha value is -4.02. The van der Waals surface area contributed by atoms with Gasteiger partial charge in [0.15, 0.2) is 0 Å². The van der Waals surface area contributed by atoms with Gasteiger partial charge in [0.1, 0.15) is 0 Å². The third-order valence-electron chi connectivity index (χ3n) is 7.43. The summed E-state index contributed by atoms with van der Waals surface area (Å²) in [6.45, 7) is 0. The van der Waals surface area contributed by atoms with Crippen LogP contribution in [-0.2, 0) is 0 Å². The second kappa shape index (κ2) is 9.32. The van der Waals surface area contributed by atoms with Gasteiger partial charge in [-0.05, 0) is 56.6 Å². The predicted octanol–water partition coefficient (Wildman–Crippen LogP) is 12.0. The largest absolute Gasteiger partial charge is 0.143 e. The zero-order valence-corrected chi connectivity index (χ0v) is 23.4. The van der Waals surface area contributed by atoms with Crippen LogP contribution in [0.1, 0.15) is 0 Å². The molecule has 0 atom stereocenters. The number of fused-ring (bicyclic) bond motifs is 3. The molecule has 0 radical (unpaired) electrons. The number of benzene rings is 5. The minimum absolute atomic E-state index is 1.27. The lowest BCUT2D eigenvalue weighted by molar-refractivity contribution is 1.68. The van der Waals surface area contributed by atoms with E-state index in [0.29, 0.717) is 0 Å². The fraction of sp³-hybridized carbons (Fsp3) is 0. The molecule has 0 amide bonds. The van der Waals surface area contributed by atoms with Crippen LogP contribution in [0.3, 0.4) is 0 Å². The fourth-order valence-corrected chi connectivity index (χ4v) is 8.91. The topological polar surface area (TPSA) is 0 Å². The van der Waals surface area contributed by atoms with Crippen molar-refractivity contribution in [2.75, 3.05) is 0 Å². The molecule has 0 N–H and O–H groups in total. The normalized spacial score (nSPS) is 11.6. The second-order valence-electron chi connectivity index (χ2n) is 9.73. The molecule has 184 valence electrons. The SMILES string of the molecule is c1ccc(-c2c3cc(-c4cccc(-c5scc6ccccc56)c4)sc3c(-c3ccccc3)c3ccsc23)cc1. The lowest BCUT2D eigenvalue weighted by atomic mass is 9.93. The van der Waals surface area contributed by atoms with Crippen molar-refractivity contribution >= 4 is 65.0 Å². The van der Waals surface area contributed by atoms with Crippen molar-refractivity contribution < 1.29 is 0 Å². The molecule has 0 saturated carbocycles. The third-order valence-corrected chi connectivity index (χ3v) is 10.6. The minimum atomic E-state index is 1.27. The van der Waals surface area contributed by atoms with E-state index in [0.717, 1.165) is 0 Å². The quantitative estimate of drug-likeness (QED) is 0.204. The summed E-state index contributed by atoms with van der Waals surface area (Å²) in [7, 11) is 0. The monoisotopic (exact) mass is 550 g/mol. The molecule has 0 fully saturated rings. The molecule has 5 aromatic carbocycles. The van der Waals surface area contributed by atoms with E-state index in [-0.39, 0.29) is 0 Å². The summed E-state index contributed by atoms with van der Waals surface area (Å²) in [5, 5.41) is 9.82. The molecular formula is C36H22S3. The summed E-state index contributed by atoms with van der Waals surface area (Å²) in [6.07, 6.45) is 0. The van der Waals surface area contributed by atoms with Crippen LogP contribution >= 0.6 is 34.0 Å². The van der Waals surface area contributed by atoms with Crippen LogP contribution in [-0.4, -0.2) is 0 Å². The van der Waals surface area contributed by atoms with E-state index in [1.54, 1.807) is 0 Å². The summed E-state index contributed by atoms with van der Waals surface area (Å²) in [4.78, 5) is 2.64. The zero-order valence-electron chi connectivity index (χ0n) is 20.9. The van der Waals surface area contributed by atoms with Gasteiger partial charge in [-0.1, -0.05) is 103 Å². The number of hydrogen-bond donors (Lipinski definition) is 0. The maximum absolute atomic E-state index is 2.43. The molecule has 0 unspecified atom stereocenters. The van der Waals surface area contributed by atoms with Gasteiger partial charge in [0, 0.05) is 46.4 Å². The Morgan fingerprint density at radius 2 is 1.10 bits per heavy atom. The zero-order chi connectivity index (χ0) is 25.8. The smallest absolute Gasteiger partial charge is 0.0441 e. The molecular weight excluding hydrogens is 529 g/mol. The predicted molar refractivity (Wildman–Crippen MR) is 174 cm³/mol. The van der Waals surface area contributed by atoms with Gasteiger partial charge < -0.3 is 0 Å². The summed E-state index contributed by atoms with van der Waals surface area (Å²) in [5.41, 5.74) is 7.79. The van der Waals surface area contributed by atoms with Crippen LogP contribution in [0.5, 0.6) is 0 Å². The van der Waals surface area contributed by atoms with Crippen LogP contribution in [0.4, 0.5) is 0 Å². The number of rotatable bonds is 4. The van der Waals surface area contributed by atoms with Crippen molar-refractivity contribution in [2.24, 2.45) is 0 Å². The first-order chi connectivity index (χ1) is 19.3. The van der Waals surface area contributed by atoms with Crippen molar-refractivity contribution in [3.63, 3.8) is 0 Å². The molecule has 3 heterocycles. The maximum atomic E-state index is 2.43. The number of hydrogen-bond acceptors (Lipinski definition) is 3. The van der Waals surface area contributed by atoms with Crippen molar-refractivity contribution in [3.05, 3.63) is 132 Å². The van der Waals surface area contributed by atoms with E-state index in [9.17, 15) is 0 Å². The van der Waals surface area contributed by atoms with Crippen LogP contribution in [0.2, 0.25) is 0 Å². The Labute approximate surface area is 239 Å². The van der Waals surface area contributed by atoms with Crippen molar-refractivity contribution in [3.8, 4) is 43.1 Å². The molecule has 0 saturated heterocycles. The Kier molecular flexibility index (Phi) is 5.48. The van der Waals surface area contributed by atoms with E-state index in [1.807, 2.05) is 34.0 Å². The van der Waals surface area contributed by atoms with Gasteiger partial charge in [-0.3, -0.25) is 0 Å². The van der Waals surface area contributed by atoms with Gasteiger partial charge in [0.25, 0.3) is 0 Å². The van der Waals surface area contributed by atoms with E-state index in [2.05, 4.69) is 132 Å². The van der Waals surface area contributed by atoms with Crippen molar-refractivity contribution in [2.45, 2.75) is 0 Å². The average Bonchev–Trinajstić information content (AvgIpc) is 3.75. The highest BCUT2D eigenvalue weighted by atomic mass is 32.1. The highest BCUT2D eigenvalue weighted by Gasteiger charge is 2.20. The molecule has 0 aliphatic carbocycles. The Bertz CT molecular complexity index is 2020. The standard InChI is InChI=1S/C36H22S3/c1-3-10-23(11-4-1)32-29-18-19-37-35(29)33(24-12-5-2-6-13-24)30-21-31(39-36(30)32)25-15-9-16-26(20-25)34-28-17-8-7-14-27(28)22-38-34/h1-22H. The second-order valence-corrected chi connectivity index (χ2v) is 12.6. The first-order valence-corrected chi connectivity index (χ1v) is 15.6. The Balaban J connectivity index is 1.40. The van der Waals surface area contributed by atoms with Gasteiger partial charge >= 0.3 is 0 Å². The molecule has 0 nitrogen and oxygen atoms in total. The van der Waals surface area contributed by atoms with Crippen LogP contribution in [0.15, 0.2) is 132 Å². The minimum Gasteiger partial charge on any atom is -0.143 e. The Morgan fingerprint density at radius 1 is 0.436 bits per heavy atom. The molecule has 3 aromatic heterocycles. The van der Waals surface area contributed by atoms with Gasteiger partial charge in [-0.15, -0.1) is 34.0 Å². The van der Waals surface area contributed by atoms with E-state index in [4.69, 9.17) is 0 Å². The molecule has 0 aliphatic rings. The van der Waals surface area contributed by atoms with Crippen LogP contribution in [0, 0.1) is 0 Å². The average molecular weight is 551 g/mol. The molecule has 0 aliphatic heterocycles. The molecule has 8 aromatic rings. The maximum Gasteiger partial charge on any atom is 0.0441 e. The van der Waals surface area contributed by atoms with Gasteiger partial charge in [-0.2, -0.15) is 0 Å². The number of thiophene rings is 3. The molecule has 8 rings (SSSR count). The van der Waals surface area contributed by atoms with Gasteiger partial charge in [0.05, 0.1) is 0 Å². The summed E-state index contributed by atoms with van der Waals surface area (Å²) in [6, 6.07) is 44.3. The molecule has 0 bridgehead atoms. The summed E-state index contributed by atoms with van der Waals surface area (Å²) < 4.78 is 2.71. The van der Waals surface area contributed by atoms with E-state index < -0.39 is 0 Å². The highest BCUT2D eigenvalue weighted by molar-refractivity contribution is 7.23. The van der Waals surface area contributed by atoms with Gasteiger partial charge in [-0.25, -0.2) is 0 Å². The van der Waals surface area contributed by atoms with Crippen molar-refractivity contribution in [1.29, 1.82) is 0 Å². The third kappa shape index (κ3) is 3.77. The first-order valence-electron chi connectivity index (χ1n) is 13.0. The van der Waals surface area contributed by atoms with Crippen LogP contribution in [0.25, 0.3) is 74.1 Å². The summed E-state index contributed by atoms with van der Waals surface area (Å²) in [5.74, 6) is 0. The lowest BCUT2D eigenvalue weighted by Crippen LogP contribution is -1.84.